The molecule has 2 fully saturated rings. The highest BCUT2D eigenvalue weighted by molar-refractivity contribution is 6.01. The number of anilines is 2. The fourth-order valence-electron chi connectivity index (χ4n) is 5.42. The molecule has 8 nitrogen and oxygen atoms in total. The molecular weight excluding hydrogens is 452 g/mol. The first-order valence-corrected chi connectivity index (χ1v) is 12.4. The predicted octanol–water partition coefficient (Wildman–Crippen LogP) is 3.60. The van der Waals surface area contributed by atoms with Crippen LogP contribution >= 0.6 is 0 Å². The van der Waals surface area contributed by atoms with Crippen LogP contribution in [0.2, 0.25) is 0 Å². The number of hydrogen-bond donors (Lipinski definition) is 3. The number of phenolic OH excluding ortho intramolecular Hbond substituents is 1. The first-order valence-electron chi connectivity index (χ1n) is 12.4. The Kier molecular flexibility index (Phi) is 5.60. The highest BCUT2D eigenvalue weighted by atomic mass is 16.3. The quantitative estimate of drug-likeness (QED) is 0.400. The van der Waals surface area contributed by atoms with Gasteiger partial charge in [-0.1, -0.05) is 30.3 Å². The minimum absolute atomic E-state index is 0.0413. The Labute approximate surface area is 210 Å². The van der Waals surface area contributed by atoms with E-state index in [9.17, 15) is 9.90 Å². The molecule has 2 bridgehead atoms. The van der Waals surface area contributed by atoms with Crippen LogP contribution in [-0.4, -0.2) is 71.7 Å². The van der Waals surface area contributed by atoms with Crippen LogP contribution in [0.15, 0.2) is 54.6 Å². The number of carbonyl (C=O) groups excluding carboxylic acids is 1. The topological polar surface area (TPSA) is 93.6 Å². The monoisotopic (exact) mass is 482 g/mol. The van der Waals surface area contributed by atoms with Gasteiger partial charge in [0.1, 0.15) is 11.6 Å². The third-order valence-electron chi connectivity index (χ3n) is 7.25. The molecule has 3 N–H and O–H groups in total. The molecule has 2 saturated heterocycles. The van der Waals surface area contributed by atoms with Crippen LogP contribution in [0.25, 0.3) is 32.8 Å². The predicted molar refractivity (Wildman–Crippen MR) is 143 cm³/mol. The van der Waals surface area contributed by atoms with Crippen molar-refractivity contribution in [3.8, 4) is 16.9 Å². The minimum Gasteiger partial charge on any atom is -0.508 e. The Morgan fingerprint density at radius 2 is 1.83 bits per heavy atom. The van der Waals surface area contributed by atoms with Crippen molar-refractivity contribution in [1.82, 2.24) is 20.2 Å². The number of amides is 1. The minimum atomic E-state index is -0.0413. The molecule has 1 aromatic heterocycles. The van der Waals surface area contributed by atoms with Gasteiger partial charge in [0.05, 0.1) is 12.1 Å². The molecule has 6 rings (SSSR count). The summed E-state index contributed by atoms with van der Waals surface area (Å²) < 4.78 is 0. The van der Waals surface area contributed by atoms with Gasteiger partial charge in [0.15, 0.2) is 0 Å². The second kappa shape index (κ2) is 8.95. The zero-order chi connectivity index (χ0) is 24.8. The van der Waals surface area contributed by atoms with Crippen LogP contribution in [0.4, 0.5) is 11.8 Å². The average molecular weight is 483 g/mol. The number of aromatic hydroxyl groups is 1. The van der Waals surface area contributed by atoms with E-state index in [0.29, 0.717) is 18.0 Å². The van der Waals surface area contributed by atoms with Crippen LogP contribution in [0.1, 0.15) is 12.8 Å². The van der Waals surface area contributed by atoms with Crippen LogP contribution in [0, 0.1) is 0 Å². The Hall–Kier alpha value is -3.91. The summed E-state index contributed by atoms with van der Waals surface area (Å²) in [6.45, 7) is 1.93. The highest BCUT2D eigenvalue weighted by Crippen LogP contribution is 2.36. The van der Waals surface area contributed by atoms with E-state index >= 15 is 0 Å². The zero-order valence-corrected chi connectivity index (χ0v) is 20.5. The van der Waals surface area contributed by atoms with E-state index in [4.69, 9.17) is 9.97 Å². The molecule has 0 spiro atoms. The van der Waals surface area contributed by atoms with Gasteiger partial charge in [-0.2, -0.15) is 4.98 Å². The van der Waals surface area contributed by atoms with Crippen LogP contribution in [0.3, 0.4) is 0 Å². The van der Waals surface area contributed by atoms with E-state index < -0.39 is 0 Å². The van der Waals surface area contributed by atoms with Crippen molar-refractivity contribution < 1.29 is 9.90 Å². The molecule has 0 aliphatic carbocycles. The van der Waals surface area contributed by atoms with Gasteiger partial charge in [-0.05, 0) is 59.0 Å². The summed E-state index contributed by atoms with van der Waals surface area (Å²) in [5, 5.41) is 20.2. The molecule has 3 aromatic carbocycles. The summed E-state index contributed by atoms with van der Waals surface area (Å²) in [5.41, 5.74) is 2.72. The number of carbonyl (C=O) groups is 1. The lowest BCUT2D eigenvalue weighted by Gasteiger charge is -2.34. The molecule has 3 heterocycles. The summed E-state index contributed by atoms with van der Waals surface area (Å²) in [6.07, 6.45) is 2.36. The molecule has 36 heavy (non-hydrogen) atoms. The largest absolute Gasteiger partial charge is 0.508 e. The molecule has 8 heteroatoms. The third kappa shape index (κ3) is 4.18. The summed E-state index contributed by atoms with van der Waals surface area (Å²) >= 11 is 0. The molecule has 2 unspecified atom stereocenters. The van der Waals surface area contributed by atoms with Crippen molar-refractivity contribution in [3.63, 3.8) is 0 Å². The van der Waals surface area contributed by atoms with Gasteiger partial charge < -0.3 is 25.5 Å². The maximum Gasteiger partial charge on any atom is 0.241 e. The fraction of sp³-hybridized carbons (Fsp3) is 0.321. The second-order valence-corrected chi connectivity index (χ2v) is 10.0. The standard InChI is InChI=1S/C28H30N6O2/c1-33(2)26(36)14-29-28-31-25-12-18(24-13-21(35)11-17-5-3-4-6-22(17)24)7-10-23(25)27(32-28)34-15-19-8-9-20(16-34)30-19/h3-7,10-13,19-20,30,35H,8-9,14-16H2,1-2H3,(H,29,31,32). The zero-order valence-electron chi connectivity index (χ0n) is 20.5. The number of nitrogens with zero attached hydrogens (tertiary/aromatic N) is 4. The maximum atomic E-state index is 12.2. The number of rotatable bonds is 5. The molecule has 0 saturated carbocycles. The van der Waals surface area contributed by atoms with Gasteiger partial charge in [-0.15, -0.1) is 0 Å². The van der Waals surface area contributed by atoms with E-state index in [1.165, 1.54) is 12.8 Å². The van der Waals surface area contributed by atoms with E-state index in [0.717, 1.165) is 51.7 Å². The van der Waals surface area contributed by atoms with Crippen molar-refractivity contribution in [3.05, 3.63) is 54.6 Å². The summed E-state index contributed by atoms with van der Waals surface area (Å²) in [6, 6.07) is 18.8. The smallest absolute Gasteiger partial charge is 0.241 e. The van der Waals surface area contributed by atoms with E-state index in [2.05, 4.69) is 39.8 Å². The highest BCUT2D eigenvalue weighted by Gasteiger charge is 2.33. The van der Waals surface area contributed by atoms with Crippen molar-refractivity contribution in [1.29, 1.82) is 0 Å². The van der Waals surface area contributed by atoms with E-state index in [1.807, 2.05) is 18.2 Å². The number of hydrogen-bond acceptors (Lipinski definition) is 7. The fourth-order valence-corrected chi connectivity index (χ4v) is 5.42. The van der Waals surface area contributed by atoms with Crippen molar-refractivity contribution >= 4 is 39.3 Å². The molecule has 184 valence electrons. The second-order valence-electron chi connectivity index (χ2n) is 10.0. The third-order valence-corrected chi connectivity index (χ3v) is 7.25. The number of nitrogens with one attached hydrogen (secondary N) is 2. The Balaban J connectivity index is 1.46. The maximum absolute atomic E-state index is 12.2. The van der Waals surface area contributed by atoms with E-state index in [1.54, 1.807) is 31.1 Å². The van der Waals surface area contributed by atoms with Gasteiger partial charge in [-0.25, -0.2) is 4.98 Å². The van der Waals surface area contributed by atoms with Gasteiger partial charge in [-0.3, -0.25) is 4.79 Å². The van der Waals surface area contributed by atoms with E-state index in [-0.39, 0.29) is 18.2 Å². The SMILES string of the molecule is CN(C)C(=O)CNc1nc(N2CC3CCC(C2)N3)c2ccc(-c3cc(O)cc4ccccc34)cc2n1. The lowest BCUT2D eigenvalue weighted by Crippen LogP contribution is -2.51. The molecule has 1 amide bonds. The number of likely N-dealkylation sites (N-methyl/N-ethyl adjacent to an activating group) is 1. The average Bonchev–Trinajstić information content (AvgIpc) is 3.22. The Morgan fingerprint density at radius 3 is 2.61 bits per heavy atom. The molecule has 2 aliphatic heterocycles. The van der Waals surface area contributed by atoms with Crippen LogP contribution in [0.5, 0.6) is 5.75 Å². The lowest BCUT2D eigenvalue weighted by molar-refractivity contribution is -0.126. The lowest BCUT2D eigenvalue weighted by atomic mass is 9.97. The number of benzene rings is 3. The van der Waals surface area contributed by atoms with Gasteiger partial charge in [0.25, 0.3) is 0 Å². The Morgan fingerprint density at radius 1 is 1.06 bits per heavy atom. The van der Waals surface area contributed by atoms with Gasteiger partial charge in [0, 0.05) is 44.7 Å². The van der Waals surface area contributed by atoms with Crippen LogP contribution < -0.4 is 15.5 Å². The number of aromatic nitrogens is 2. The molecule has 2 atom stereocenters. The van der Waals surface area contributed by atoms with Crippen molar-refractivity contribution in [2.75, 3.05) is 43.9 Å². The molecule has 4 aromatic rings. The molecule has 2 aliphatic rings. The first kappa shape index (κ1) is 22.5. The Bertz CT molecular complexity index is 1460. The van der Waals surface area contributed by atoms with Gasteiger partial charge in [0.2, 0.25) is 11.9 Å². The number of fused-ring (bicyclic) bond motifs is 4. The summed E-state index contributed by atoms with van der Waals surface area (Å²) in [5.74, 6) is 1.52. The van der Waals surface area contributed by atoms with Crippen molar-refractivity contribution in [2.24, 2.45) is 0 Å². The summed E-state index contributed by atoms with van der Waals surface area (Å²) in [7, 11) is 3.47. The summed E-state index contributed by atoms with van der Waals surface area (Å²) in [4.78, 5) is 25.8. The first-order chi connectivity index (χ1) is 17.4. The molecule has 0 radical (unpaired) electrons. The van der Waals surface area contributed by atoms with Gasteiger partial charge >= 0.3 is 0 Å². The van der Waals surface area contributed by atoms with Crippen molar-refractivity contribution in [2.45, 2.75) is 24.9 Å². The molecular formula is C28H30N6O2. The normalized spacial score (nSPS) is 19.1. The number of phenols is 1. The number of piperazine rings is 1. The van der Waals surface area contributed by atoms with Crippen LogP contribution in [-0.2, 0) is 4.79 Å².